The summed E-state index contributed by atoms with van der Waals surface area (Å²) in [7, 11) is 0. The van der Waals surface area contributed by atoms with Gasteiger partial charge in [0.25, 0.3) is 5.56 Å². The molecule has 104 valence electrons. The Morgan fingerprint density at radius 2 is 2.20 bits per heavy atom. The van der Waals surface area contributed by atoms with E-state index in [9.17, 15) is 13.6 Å². The van der Waals surface area contributed by atoms with E-state index in [1.54, 1.807) is 0 Å². The fraction of sp³-hybridized carbons (Fsp3) is 0.0833. The molecule has 1 aromatic carbocycles. The largest absolute Gasteiger partial charge is 0.285 e. The van der Waals surface area contributed by atoms with Crippen LogP contribution in [0.1, 0.15) is 12.5 Å². The molecule has 0 radical (unpaired) electrons. The lowest BCUT2D eigenvalue weighted by atomic mass is 10.1. The molecule has 1 aromatic heterocycles. The van der Waals surface area contributed by atoms with Gasteiger partial charge in [-0.2, -0.15) is 10.2 Å². The zero-order valence-corrected chi connectivity index (χ0v) is 11.0. The number of aromatic amines is 1. The maximum Gasteiger partial charge on any atom is 0.285 e. The first-order valence-electron chi connectivity index (χ1n) is 5.48. The number of H-pyrrole nitrogens is 1. The number of aromatic nitrogens is 2. The second-order valence-electron chi connectivity index (χ2n) is 3.86. The number of benzene rings is 1. The highest BCUT2D eigenvalue weighted by molar-refractivity contribution is 6.32. The highest BCUT2D eigenvalue weighted by atomic mass is 35.5. The van der Waals surface area contributed by atoms with E-state index in [0.717, 1.165) is 18.2 Å². The predicted octanol–water partition coefficient (Wildman–Crippen LogP) is 2.54. The van der Waals surface area contributed by atoms with Gasteiger partial charge in [-0.05, 0) is 25.1 Å². The molecule has 0 bridgehead atoms. The van der Waals surface area contributed by atoms with Crippen LogP contribution < -0.4 is 11.0 Å². The number of nitrogens with zero attached hydrogens (tertiary/aromatic N) is 2. The molecule has 0 fully saturated rings. The zero-order valence-electron chi connectivity index (χ0n) is 10.2. The van der Waals surface area contributed by atoms with Gasteiger partial charge in [-0.15, -0.1) is 0 Å². The summed E-state index contributed by atoms with van der Waals surface area (Å²) >= 11 is 5.73. The summed E-state index contributed by atoms with van der Waals surface area (Å²) < 4.78 is 26.6. The van der Waals surface area contributed by atoms with Gasteiger partial charge in [-0.3, -0.25) is 10.2 Å². The molecule has 0 spiro atoms. The third-order valence-electron chi connectivity index (χ3n) is 2.46. The van der Waals surface area contributed by atoms with Crippen molar-refractivity contribution in [1.29, 1.82) is 0 Å². The second-order valence-corrected chi connectivity index (χ2v) is 4.24. The van der Waals surface area contributed by atoms with Gasteiger partial charge in [0.05, 0.1) is 11.9 Å². The lowest BCUT2D eigenvalue weighted by Gasteiger charge is -2.05. The maximum absolute atomic E-state index is 13.5. The first kappa shape index (κ1) is 14.1. The average molecular weight is 299 g/mol. The fourth-order valence-electron chi connectivity index (χ4n) is 1.44. The molecule has 8 heteroatoms. The number of nitrogens with one attached hydrogen (secondary N) is 2. The summed E-state index contributed by atoms with van der Waals surface area (Å²) in [5.41, 5.74) is 2.26. The molecule has 0 aliphatic carbocycles. The molecular formula is C12H9ClF2N4O. The van der Waals surface area contributed by atoms with Crippen molar-refractivity contribution in [3.8, 4) is 0 Å². The number of rotatable bonds is 3. The second kappa shape index (κ2) is 5.79. The van der Waals surface area contributed by atoms with Crippen molar-refractivity contribution in [2.24, 2.45) is 5.10 Å². The van der Waals surface area contributed by atoms with E-state index in [1.807, 2.05) is 0 Å². The van der Waals surface area contributed by atoms with Crippen LogP contribution in [-0.2, 0) is 0 Å². The smallest absolute Gasteiger partial charge is 0.275 e. The number of hydrogen-bond donors (Lipinski definition) is 2. The lowest BCUT2D eigenvalue weighted by molar-refractivity contribution is 0.598. The number of hydrazone groups is 1. The SMILES string of the molecule is C/C(=N/Nc1cn[nH]c(=O)c1Cl)c1cc(F)ccc1F. The van der Waals surface area contributed by atoms with Gasteiger partial charge in [-0.25, -0.2) is 13.9 Å². The molecule has 1 heterocycles. The van der Waals surface area contributed by atoms with Crippen LogP contribution in [-0.4, -0.2) is 15.9 Å². The van der Waals surface area contributed by atoms with E-state index in [1.165, 1.54) is 13.1 Å². The summed E-state index contributed by atoms with van der Waals surface area (Å²) in [6.07, 6.45) is 1.25. The van der Waals surface area contributed by atoms with Crippen molar-refractivity contribution in [1.82, 2.24) is 10.2 Å². The minimum absolute atomic E-state index is 0.00595. The van der Waals surface area contributed by atoms with Gasteiger partial charge in [0.1, 0.15) is 22.3 Å². The fourth-order valence-corrected chi connectivity index (χ4v) is 1.57. The van der Waals surface area contributed by atoms with Gasteiger partial charge < -0.3 is 0 Å². The summed E-state index contributed by atoms with van der Waals surface area (Å²) in [6, 6.07) is 3.04. The molecule has 2 rings (SSSR count). The Morgan fingerprint density at radius 3 is 2.95 bits per heavy atom. The average Bonchev–Trinajstić information content (AvgIpc) is 2.43. The van der Waals surface area contributed by atoms with E-state index >= 15 is 0 Å². The Morgan fingerprint density at radius 1 is 1.45 bits per heavy atom. The van der Waals surface area contributed by atoms with Crippen LogP contribution in [0.2, 0.25) is 5.02 Å². The molecule has 0 unspecified atom stereocenters. The predicted molar refractivity (Wildman–Crippen MR) is 72.1 cm³/mol. The quantitative estimate of drug-likeness (QED) is 0.676. The van der Waals surface area contributed by atoms with E-state index in [-0.39, 0.29) is 22.0 Å². The normalized spacial score (nSPS) is 11.5. The molecule has 20 heavy (non-hydrogen) atoms. The van der Waals surface area contributed by atoms with Gasteiger partial charge in [0.2, 0.25) is 0 Å². The third-order valence-corrected chi connectivity index (χ3v) is 2.83. The maximum atomic E-state index is 13.5. The van der Waals surface area contributed by atoms with Gasteiger partial charge in [0, 0.05) is 5.56 Å². The van der Waals surface area contributed by atoms with Crippen molar-refractivity contribution in [3.63, 3.8) is 0 Å². The summed E-state index contributed by atoms with van der Waals surface area (Å²) in [6.45, 7) is 1.49. The van der Waals surface area contributed by atoms with Crippen LogP contribution >= 0.6 is 11.6 Å². The van der Waals surface area contributed by atoms with Gasteiger partial charge in [-0.1, -0.05) is 11.6 Å². The summed E-state index contributed by atoms with van der Waals surface area (Å²) in [5.74, 6) is -1.18. The Bertz CT molecular complexity index is 730. The van der Waals surface area contributed by atoms with E-state index in [4.69, 9.17) is 11.6 Å². The molecule has 0 aliphatic rings. The van der Waals surface area contributed by atoms with Crippen LogP contribution in [0, 0.1) is 11.6 Å². The molecule has 0 atom stereocenters. The zero-order chi connectivity index (χ0) is 14.7. The highest BCUT2D eigenvalue weighted by Crippen LogP contribution is 2.15. The highest BCUT2D eigenvalue weighted by Gasteiger charge is 2.08. The summed E-state index contributed by atoms with van der Waals surface area (Å²) in [5, 5.41) is 9.40. The van der Waals surface area contributed by atoms with Gasteiger partial charge >= 0.3 is 0 Å². The summed E-state index contributed by atoms with van der Waals surface area (Å²) in [4.78, 5) is 11.2. The van der Waals surface area contributed by atoms with Crippen molar-refractivity contribution in [2.75, 3.05) is 5.43 Å². The monoisotopic (exact) mass is 298 g/mol. The van der Waals surface area contributed by atoms with Crippen molar-refractivity contribution >= 4 is 23.0 Å². The molecule has 2 N–H and O–H groups in total. The molecule has 0 saturated heterocycles. The molecule has 0 saturated carbocycles. The third kappa shape index (κ3) is 3.00. The number of anilines is 1. The topological polar surface area (TPSA) is 70.1 Å². The van der Waals surface area contributed by atoms with Crippen molar-refractivity contribution in [2.45, 2.75) is 6.92 Å². The van der Waals surface area contributed by atoms with Crippen LogP contribution in [0.25, 0.3) is 0 Å². The molecular weight excluding hydrogens is 290 g/mol. The Balaban J connectivity index is 2.29. The molecule has 5 nitrogen and oxygen atoms in total. The first-order chi connectivity index (χ1) is 9.49. The lowest BCUT2D eigenvalue weighted by Crippen LogP contribution is -2.11. The molecule has 0 aliphatic heterocycles. The minimum atomic E-state index is -0.607. The first-order valence-corrected chi connectivity index (χ1v) is 5.85. The van der Waals surface area contributed by atoms with Crippen LogP contribution in [0.3, 0.4) is 0 Å². The van der Waals surface area contributed by atoms with Crippen LogP contribution in [0.5, 0.6) is 0 Å². The van der Waals surface area contributed by atoms with E-state index in [0.29, 0.717) is 0 Å². The molecule has 2 aromatic rings. The number of halogens is 3. The van der Waals surface area contributed by atoms with Crippen molar-refractivity contribution < 1.29 is 8.78 Å². The Labute approximate surface area is 117 Å². The Kier molecular flexibility index (Phi) is 4.09. The standard InChI is InChI=1S/C12H9ClF2N4O/c1-6(8-4-7(14)2-3-9(8)15)17-18-10-5-16-19-12(20)11(10)13/h2-5H,1H3,(H2,18,19,20)/b17-6-. The van der Waals surface area contributed by atoms with E-state index in [2.05, 4.69) is 20.7 Å². The minimum Gasteiger partial charge on any atom is -0.275 e. The molecule has 0 amide bonds. The van der Waals surface area contributed by atoms with E-state index < -0.39 is 17.2 Å². The van der Waals surface area contributed by atoms with Crippen molar-refractivity contribution in [3.05, 3.63) is 57.0 Å². The number of hydrogen-bond acceptors (Lipinski definition) is 4. The van der Waals surface area contributed by atoms with Crippen LogP contribution in [0.4, 0.5) is 14.5 Å². The van der Waals surface area contributed by atoms with Gasteiger partial charge in [0.15, 0.2) is 0 Å². The van der Waals surface area contributed by atoms with Crippen LogP contribution in [0.15, 0.2) is 34.3 Å². The Hall–Kier alpha value is -2.28.